The Labute approximate surface area is 239 Å². The molecule has 3 amide bonds. The van der Waals surface area contributed by atoms with Gasteiger partial charge in [-0.05, 0) is 82.5 Å². The first-order chi connectivity index (χ1) is 19.1. The van der Waals surface area contributed by atoms with Gasteiger partial charge in [-0.3, -0.25) is 19.8 Å². The highest BCUT2D eigenvalue weighted by Gasteiger charge is 2.31. The molecule has 3 aromatic rings. The maximum atomic E-state index is 13.8. The largest absolute Gasteiger partial charge is 0.444 e. The molecule has 0 atom stereocenters. The Kier molecular flexibility index (Phi) is 9.14. The number of fused-ring (bicyclic) bond motifs is 1. The number of hydrogen-bond acceptors (Lipinski definition) is 5. The van der Waals surface area contributed by atoms with Gasteiger partial charge in [-0.1, -0.05) is 31.0 Å². The van der Waals surface area contributed by atoms with Gasteiger partial charge in [0.1, 0.15) is 11.4 Å². The maximum absolute atomic E-state index is 13.8. The summed E-state index contributed by atoms with van der Waals surface area (Å²) < 4.78 is 7.22. The summed E-state index contributed by atoms with van der Waals surface area (Å²) in [5, 5.41) is 6.10. The molecule has 0 fully saturated rings. The molecule has 9 nitrogen and oxygen atoms in total. The smallest absolute Gasteiger partial charge is 0.412 e. The number of ether oxygens (including phenoxy) is 1. The molecule has 2 N–H and O–H groups in total. The summed E-state index contributed by atoms with van der Waals surface area (Å²) in [6.45, 7) is 8.50. The highest BCUT2D eigenvalue weighted by molar-refractivity contribution is 6.31. The molecule has 10 heteroatoms. The number of rotatable bonds is 8. The Morgan fingerprint density at radius 3 is 2.40 bits per heavy atom. The lowest BCUT2D eigenvalue weighted by atomic mass is 10.1. The van der Waals surface area contributed by atoms with Crippen LogP contribution in [0.25, 0.3) is 0 Å². The minimum atomic E-state index is -0.612. The summed E-state index contributed by atoms with van der Waals surface area (Å²) in [6.07, 6.45) is 3.70. The van der Waals surface area contributed by atoms with Gasteiger partial charge in [0.25, 0.3) is 11.8 Å². The van der Waals surface area contributed by atoms with Crippen molar-refractivity contribution in [1.29, 1.82) is 0 Å². The number of benzene rings is 2. The summed E-state index contributed by atoms with van der Waals surface area (Å²) in [5.41, 5.74) is 1.26. The number of imidazole rings is 1. The van der Waals surface area contributed by atoms with Gasteiger partial charge in [-0.15, -0.1) is 0 Å². The number of amides is 3. The second-order valence-electron chi connectivity index (χ2n) is 10.8. The van der Waals surface area contributed by atoms with Gasteiger partial charge in [-0.25, -0.2) is 9.78 Å². The molecule has 0 aliphatic carbocycles. The van der Waals surface area contributed by atoms with Crippen LogP contribution in [0.2, 0.25) is 5.02 Å². The van der Waals surface area contributed by atoms with Gasteiger partial charge in [0, 0.05) is 41.5 Å². The lowest BCUT2D eigenvalue weighted by molar-refractivity contribution is 0.0635. The number of nitrogens with one attached hydrogen (secondary N) is 2. The summed E-state index contributed by atoms with van der Waals surface area (Å²) in [4.78, 5) is 46.0. The van der Waals surface area contributed by atoms with Gasteiger partial charge in [0.05, 0.1) is 0 Å². The minimum absolute atomic E-state index is 0.252. The topological polar surface area (TPSA) is 106 Å². The predicted octanol–water partition coefficient (Wildman–Crippen LogP) is 6.92. The Balaban J connectivity index is 1.62. The normalized spacial score (nSPS) is 12.8. The zero-order valence-corrected chi connectivity index (χ0v) is 24.2. The molecule has 0 saturated heterocycles. The van der Waals surface area contributed by atoms with E-state index in [0.29, 0.717) is 46.6 Å². The second kappa shape index (κ2) is 12.6. The van der Waals surface area contributed by atoms with Crippen LogP contribution in [0.1, 0.15) is 80.0 Å². The molecule has 0 bridgehead atoms. The maximum Gasteiger partial charge on any atom is 0.412 e. The van der Waals surface area contributed by atoms with Crippen molar-refractivity contribution >= 4 is 46.7 Å². The molecular weight excluding hydrogens is 530 g/mol. The van der Waals surface area contributed by atoms with E-state index in [1.54, 1.807) is 74.2 Å². The lowest BCUT2D eigenvalue weighted by Gasteiger charge is -2.22. The van der Waals surface area contributed by atoms with Crippen molar-refractivity contribution in [3.05, 3.63) is 70.6 Å². The van der Waals surface area contributed by atoms with Crippen molar-refractivity contribution in [2.45, 2.75) is 71.9 Å². The first kappa shape index (κ1) is 29.1. The van der Waals surface area contributed by atoms with E-state index in [4.69, 9.17) is 21.3 Å². The second-order valence-corrected chi connectivity index (χ2v) is 11.2. The monoisotopic (exact) mass is 565 g/mol. The van der Waals surface area contributed by atoms with Crippen molar-refractivity contribution < 1.29 is 19.1 Å². The Hall–Kier alpha value is -3.85. The summed E-state index contributed by atoms with van der Waals surface area (Å²) in [6, 6.07) is 13.6. The van der Waals surface area contributed by atoms with E-state index in [0.717, 1.165) is 37.9 Å². The number of aromatic nitrogens is 2. The Bertz CT molecular complexity index is 1380. The van der Waals surface area contributed by atoms with Crippen LogP contribution in [0.3, 0.4) is 0 Å². The summed E-state index contributed by atoms with van der Waals surface area (Å²) >= 11 is 6.18. The molecule has 40 heavy (non-hydrogen) atoms. The van der Waals surface area contributed by atoms with Gasteiger partial charge in [-0.2, -0.15) is 0 Å². The Morgan fingerprint density at radius 2 is 1.75 bits per heavy atom. The molecule has 4 rings (SSSR count). The number of hydrogen-bond donors (Lipinski definition) is 2. The van der Waals surface area contributed by atoms with Crippen LogP contribution in [0.5, 0.6) is 0 Å². The molecule has 0 saturated carbocycles. The molecule has 2 aromatic carbocycles. The molecule has 2 heterocycles. The van der Waals surface area contributed by atoms with Crippen molar-refractivity contribution in [2.24, 2.45) is 0 Å². The predicted molar refractivity (Wildman–Crippen MR) is 157 cm³/mol. The van der Waals surface area contributed by atoms with Gasteiger partial charge in [0.2, 0.25) is 0 Å². The highest BCUT2D eigenvalue weighted by Crippen LogP contribution is 2.29. The molecule has 212 valence electrons. The number of aryl methyl sites for hydroxylation is 1. The fourth-order valence-corrected chi connectivity index (χ4v) is 4.72. The molecule has 1 aliphatic rings. The average molecular weight is 566 g/mol. The number of nitrogens with zero attached hydrogens (tertiary/aromatic N) is 3. The minimum Gasteiger partial charge on any atom is -0.444 e. The number of halogens is 1. The van der Waals surface area contributed by atoms with Crippen molar-refractivity contribution in [3.8, 4) is 0 Å². The quantitative estimate of drug-likeness (QED) is 0.308. The van der Waals surface area contributed by atoms with Crippen molar-refractivity contribution in [3.63, 3.8) is 0 Å². The third-order valence-electron chi connectivity index (χ3n) is 6.37. The van der Waals surface area contributed by atoms with E-state index in [1.165, 1.54) is 0 Å². The molecule has 1 aromatic heterocycles. The highest BCUT2D eigenvalue weighted by atomic mass is 35.5. The van der Waals surface area contributed by atoms with Gasteiger partial charge in [0.15, 0.2) is 11.5 Å². The van der Waals surface area contributed by atoms with Crippen LogP contribution in [-0.4, -0.2) is 39.6 Å². The third-order valence-corrected chi connectivity index (χ3v) is 6.61. The van der Waals surface area contributed by atoms with Crippen LogP contribution in [-0.2, 0) is 17.7 Å². The van der Waals surface area contributed by atoms with Crippen LogP contribution < -0.4 is 15.5 Å². The van der Waals surface area contributed by atoms with Crippen LogP contribution >= 0.6 is 11.6 Å². The molecule has 0 spiro atoms. The Morgan fingerprint density at radius 1 is 1.05 bits per heavy atom. The number of carbonyl (C=O) groups is 3. The number of carbonyl (C=O) groups excluding carboxylic acids is 3. The fourth-order valence-electron chi connectivity index (χ4n) is 4.53. The van der Waals surface area contributed by atoms with E-state index < -0.39 is 11.7 Å². The number of anilines is 3. The lowest BCUT2D eigenvalue weighted by Crippen LogP contribution is -2.34. The SMILES string of the molecule is CCCCN(C(=O)c1cccc(Cl)c1)c1nc2n(c1C(=O)Nc1ccc(NC(=O)OC(C)(C)C)cc1)CCCC2. The van der Waals surface area contributed by atoms with E-state index in [1.807, 2.05) is 4.57 Å². The molecule has 0 radical (unpaired) electrons. The molecular formula is C30H36ClN5O4. The van der Waals surface area contributed by atoms with E-state index >= 15 is 0 Å². The van der Waals surface area contributed by atoms with Gasteiger partial charge >= 0.3 is 6.09 Å². The summed E-state index contributed by atoms with van der Waals surface area (Å²) in [7, 11) is 0. The van der Waals surface area contributed by atoms with E-state index in [9.17, 15) is 14.4 Å². The third kappa shape index (κ3) is 7.21. The zero-order chi connectivity index (χ0) is 28.9. The molecule has 0 unspecified atom stereocenters. The standard InChI is InChI=1S/C30H36ClN5O4/c1-5-6-17-36(28(38)20-10-9-11-21(31)19-20)26-25(35-18-8-7-12-24(35)34-26)27(37)32-22-13-15-23(16-14-22)33-29(39)40-30(2,3)4/h9-11,13-16,19H,5-8,12,17-18H2,1-4H3,(H,32,37)(H,33,39). The first-order valence-corrected chi connectivity index (χ1v) is 14.0. The van der Waals surface area contributed by atoms with Gasteiger partial charge < -0.3 is 14.6 Å². The van der Waals surface area contributed by atoms with Crippen molar-refractivity contribution in [1.82, 2.24) is 9.55 Å². The number of unbranched alkanes of at least 4 members (excludes halogenated alkanes) is 1. The van der Waals surface area contributed by atoms with Crippen molar-refractivity contribution in [2.75, 3.05) is 22.1 Å². The van der Waals surface area contributed by atoms with E-state index in [-0.39, 0.29) is 11.8 Å². The zero-order valence-electron chi connectivity index (χ0n) is 23.4. The van der Waals surface area contributed by atoms with Crippen LogP contribution in [0, 0.1) is 0 Å². The molecule has 1 aliphatic heterocycles. The van der Waals surface area contributed by atoms with Crippen LogP contribution in [0.15, 0.2) is 48.5 Å². The summed E-state index contributed by atoms with van der Waals surface area (Å²) in [5.74, 6) is 0.543. The van der Waals surface area contributed by atoms with E-state index in [2.05, 4.69) is 17.6 Å². The fraction of sp³-hybridized carbons (Fsp3) is 0.400. The first-order valence-electron chi connectivity index (χ1n) is 13.6. The average Bonchev–Trinajstić information content (AvgIpc) is 3.28. The van der Waals surface area contributed by atoms with Crippen LogP contribution in [0.4, 0.5) is 22.0 Å².